The predicted molar refractivity (Wildman–Crippen MR) is 149 cm³/mol. The number of pyridine rings is 2. The maximum Gasteiger partial charge on any atom is 0.306 e. The number of carbonyl (C=O) groups excluding carboxylic acids is 1. The zero-order valence-corrected chi connectivity index (χ0v) is 23.0. The first kappa shape index (κ1) is 28.2. The molecule has 2 atom stereocenters. The van der Waals surface area contributed by atoms with E-state index in [1.54, 1.807) is 24.7 Å². The Bertz CT molecular complexity index is 1510. The summed E-state index contributed by atoms with van der Waals surface area (Å²) >= 11 is 0. The number of nitrogens with one attached hydrogen (secondary N) is 2. The van der Waals surface area contributed by atoms with Gasteiger partial charge >= 0.3 is 5.97 Å². The second kappa shape index (κ2) is 11.9. The van der Waals surface area contributed by atoms with E-state index in [4.69, 9.17) is 4.74 Å². The third kappa shape index (κ3) is 6.96. The number of hydrogen-bond acceptors (Lipinski definition) is 9. The third-order valence-electron chi connectivity index (χ3n) is 5.98. The maximum atomic E-state index is 15.3. The molecule has 0 aliphatic heterocycles. The van der Waals surface area contributed by atoms with Crippen LogP contribution in [0.3, 0.4) is 0 Å². The van der Waals surface area contributed by atoms with Crippen LogP contribution in [0.1, 0.15) is 57.0 Å². The van der Waals surface area contributed by atoms with Crippen LogP contribution < -0.4 is 10.6 Å². The lowest BCUT2D eigenvalue weighted by Crippen LogP contribution is -2.28. The minimum Gasteiger partial charge on any atom is -0.460 e. The van der Waals surface area contributed by atoms with Crippen molar-refractivity contribution < 1.29 is 13.9 Å². The number of ether oxygens (including phenoxy) is 1. The molecule has 2 N–H and O–H groups in total. The molecule has 0 aliphatic carbocycles. The maximum absolute atomic E-state index is 15.3. The number of esters is 1. The van der Waals surface area contributed by atoms with Crippen molar-refractivity contribution in [1.29, 1.82) is 5.26 Å². The van der Waals surface area contributed by atoms with Gasteiger partial charge in [-0.25, -0.2) is 9.37 Å². The molecule has 40 heavy (non-hydrogen) atoms. The topological polar surface area (TPSA) is 131 Å². The molecule has 0 fully saturated rings. The summed E-state index contributed by atoms with van der Waals surface area (Å²) in [5.41, 5.74) is 2.08. The number of halogens is 1. The summed E-state index contributed by atoms with van der Waals surface area (Å²) in [6.45, 7) is 9.14. The molecule has 4 aromatic rings. The second-order valence-corrected chi connectivity index (χ2v) is 10.4. The number of nitriles is 1. The van der Waals surface area contributed by atoms with Gasteiger partial charge in [0, 0.05) is 0 Å². The van der Waals surface area contributed by atoms with E-state index >= 15 is 4.39 Å². The molecule has 3 aromatic heterocycles. The molecule has 1 aromatic carbocycles. The largest absolute Gasteiger partial charge is 0.460 e. The van der Waals surface area contributed by atoms with Gasteiger partial charge in [0.1, 0.15) is 17.4 Å². The molecule has 0 spiro atoms. The average molecular weight is 543 g/mol. The van der Waals surface area contributed by atoms with Gasteiger partial charge in [-0.2, -0.15) is 15.5 Å². The SMILES string of the molecule is Cc1ncc(Nc2nc(N[C@H](c3ccccc3)[C@H](C)CC(=O)OC(C)(C)C)c(F)cc2C#N)cc1-n1nccn1. The van der Waals surface area contributed by atoms with Crippen LogP contribution in [0.5, 0.6) is 0 Å². The van der Waals surface area contributed by atoms with E-state index in [9.17, 15) is 10.1 Å². The van der Waals surface area contributed by atoms with E-state index in [1.165, 1.54) is 4.80 Å². The quantitative estimate of drug-likeness (QED) is 0.258. The number of aryl methyl sites for hydroxylation is 1. The molecule has 0 saturated heterocycles. The van der Waals surface area contributed by atoms with Gasteiger partial charge in [-0.05, 0) is 51.3 Å². The molecular formula is C29H31FN8O2. The Balaban J connectivity index is 1.65. The molecule has 206 valence electrons. The smallest absolute Gasteiger partial charge is 0.306 e. The molecule has 11 heteroatoms. The fourth-order valence-corrected chi connectivity index (χ4v) is 4.17. The highest BCUT2D eigenvalue weighted by molar-refractivity contribution is 5.70. The molecule has 0 radical (unpaired) electrons. The van der Waals surface area contributed by atoms with Crippen LogP contribution in [-0.2, 0) is 9.53 Å². The number of aromatic nitrogens is 5. The molecule has 0 unspecified atom stereocenters. The van der Waals surface area contributed by atoms with E-state index in [0.717, 1.165) is 11.6 Å². The van der Waals surface area contributed by atoms with Crippen LogP contribution in [0.4, 0.5) is 21.7 Å². The van der Waals surface area contributed by atoms with Gasteiger partial charge in [-0.1, -0.05) is 37.3 Å². The monoisotopic (exact) mass is 542 g/mol. The van der Waals surface area contributed by atoms with E-state index in [-0.39, 0.29) is 35.5 Å². The van der Waals surface area contributed by atoms with Crippen LogP contribution in [0.15, 0.2) is 61.1 Å². The number of hydrogen-bond donors (Lipinski definition) is 2. The van der Waals surface area contributed by atoms with Gasteiger partial charge in [-0.15, -0.1) is 4.80 Å². The zero-order chi connectivity index (χ0) is 28.9. The number of benzene rings is 1. The Labute approximate surface area is 232 Å². The Morgan fingerprint density at radius 2 is 1.85 bits per heavy atom. The Hall–Kier alpha value is -4.85. The summed E-state index contributed by atoms with van der Waals surface area (Å²) in [4.78, 5) is 22.9. The summed E-state index contributed by atoms with van der Waals surface area (Å²) in [5, 5.41) is 24.2. The molecule has 0 aliphatic rings. The number of nitrogens with zero attached hydrogens (tertiary/aromatic N) is 6. The van der Waals surface area contributed by atoms with Crippen molar-refractivity contribution in [3.63, 3.8) is 0 Å². The van der Waals surface area contributed by atoms with Crippen LogP contribution in [-0.4, -0.2) is 36.5 Å². The molecule has 0 bridgehead atoms. The third-order valence-corrected chi connectivity index (χ3v) is 5.98. The minimum atomic E-state index is -0.698. The first-order valence-electron chi connectivity index (χ1n) is 12.8. The van der Waals surface area contributed by atoms with Gasteiger partial charge in [0.2, 0.25) is 0 Å². The first-order chi connectivity index (χ1) is 19.0. The molecule has 0 saturated carbocycles. The van der Waals surface area contributed by atoms with Crippen LogP contribution in [0.2, 0.25) is 0 Å². The van der Waals surface area contributed by atoms with E-state index in [0.29, 0.717) is 17.1 Å². The number of carbonyl (C=O) groups is 1. The van der Waals surface area contributed by atoms with E-state index in [1.807, 2.05) is 71.0 Å². The lowest BCUT2D eigenvalue weighted by molar-refractivity contribution is -0.155. The van der Waals surface area contributed by atoms with Crippen LogP contribution in [0, 0.1) is 30.0 Å². The van der Waals surface area contributed by atoms with Crippen LogP contribution >= 0.6 is 0 Å². The molecule has 0 amide bonds. The Morgan fingerprint density at radius 3 is 2.50 bits per heavy atom. The lowest BCUT2D eigenvalue weighted by Gasteiger charge is -2.27. The highest BCUT2D eigenvalue weighted by Gasteiger charge is 2.27. The Morgan fingerprint density at radius 1 is 1.15 bits per heavy atom. The summed E-state index contributed by atoms with van der Waals surface area (Å²) in [5.74, 6) is -1.26. The van der Waals surface area contributed by atoms with Gasteiger partial charge < -0.3 is 15.4 Å². The molecule has 3 heterocycles. The van der Waals surface area contributed by atoms with E-state index < -0.39 is 17.5 Å². The number of rotatable bonds is 9. The molecule has 10 nitrogen and oxygen atoms in total. The van der Waals surface area contributed by atoms with Crippen molar-refractivity contribution in [3.8, 4) is 11.8 Å². The van der Waals surface area contributed by atoms with E-state index in [2.05, 4.69) is 30.8 Å². The van der Waals surface area contributed by atoms with Crippen molar-refractivity contribution in [2.24, 2.45) is 5.92 Å². The average Bonchev–Trinajstić information content (AvgIpc) is 3.44. The summed E-state index contributed by atoms with van der Waals surface area (Å²) in [7, 11) is 0. The van der Waals surface area contributed by atoms with Gasteiger partial charge in [0.05, 0.1) is 48.0 Å². The van der Waals surface area contributed by atoms with Crippen LogP contribution in [0.25, 0.3) is 5.69 Å². The normalized spacial score (nSPS) is 12.7. The highest BCUT2D eigenvalue weighted by Crippen LogP contribution is 2.32. The zero-order valence-electron chi connectivity index (χ0n) is 23.0. The fraction of sp³-hybridized carbons (Fsp3) is 0.310. The summed E-state index contributed by atoms with van der Waals surface area (Å²) < 4.78 is 20.8. The predicted octanol–water partition coefficient (Wildman–Crippen LogP) is 5.64. The summed E-state index contributed by atoms with van der Waals surface area (Å²) in [6, 6.07) is 13.8. The van der Waals surface area contributed by atoms with Crippen molar-refractivity contribution in [3.05, 3.63) is 83.7 Å². The lowest BCUT2D eigenvalue weighted by atomic mass is 9.91. The van der Waals surface area contributed by atoms with Crippen molar-refractivity contribution >= 4 is 23.3 Å². The standard InChI is InChI=1S/C29H31FN8O2/c1-18(13-25(39)40-29(3,4)5)26(20-9-7-6-8-10-20)36-28-23(30)14-21(16-31)27(37-28)35-22-15-24(19(2)32-17-22)38-33-11-12-34-38/h6-12,14-15,17-18,26H,13H2,1-5H3,(H2,35,36,37)/t18-,26+/m1/s1. The molecule has 4 rings (SSSR count). The Kier molecular flexibility index (Phi) is 8.38. The van der Waals surface area contributed by atoms with Crippen molar-refractivity contribution in [2.45, 2.75) is 52.7 Å². The molecular weight excluding hydrogens is 511 g/mol. The summed E-state index contributed by atoms with van der Waals surface area (Å²) in [6.07, 6.45) is 4.79. The van der Waals surface area contributed by atoms with Gasteiger partial charge in [0.25, 0.3) is 0 Å². The second-order valence-electron chi connectivity index (χ2n) is 10.4. The van der Waals surface area contributed by atoms with Gasteiger partial charge in [-0.3, -0.25) is 9.78 Å². The highest BCUT2D eigenvalue weighted by atomic mass is 19.1. The van der Waals surface area contributed by atoms with Crippen molar-refractivity contribution in [2.75, 3.05) is 10.6 Å². The first-order valence-corrected chi connectivity index (χ1v) is 12.8. The number of anilines is 3. The van der Waals surface area contributed by atoms with Crippen molar-refractivity contribution in [1.82, 2.24) is 25.0 Å². The minimum absolute atomic E-state index is 0.0143. The fourth-order valence-electron chi connectivity index (χ4n) is 4.17. The van der Waals surface area contributed by atoms with Gasteiger partial charge in [0.15, 0.2) is 17.5 Å².